The molecule has 94 valence electrons. The largest absolute Gasteiger partial charge is 0.286 e. The molecular weight excluding hydrogens is 234 g/mol. The molecule has 0 unspecified atom stereocenters. The molecule has 1 aromatic heterocycles. The molecule has 3 aromatic rings. The van der Waals surface area contributed by atoms with Crippen LogP contribution >= 0.6 is 0 Å². The van der Waals surface area contributed by atoms with E-state index >= 15 is 0 Å². The predicted octanol–water partition coefficient (Wildman–Crippen LogP) is 3.05. The summed E-state index contributed by atoms with van der Waals surface area (Å²) in [5.74, 6) is 0.995. The van der Waals surface area contributed by atoms with Crippen LogP contribution in [-0.2, 0) is 12.8 Å². The lowest BCUT2D eigenvalue weighted by molar-refractivity contribution is 0.821. The van der Waals surface area contributed by atoms with Gasteiger partial charge in [-0.1, -0.05) is 48.5 Å². The van der Waals surface area contributed by atoms with Gasteiger partial charge in [-0.25, -0.2) is 0 Å². The quantitative estimate of drug-likeness (QED) is 0.711. The van der Waals surface area contributed by atoms with Gasteiger partial charge in [-0.3, -0.25) is 4.57 Å². The van der Waals surface area contributed by atoms with Crippen molar-refractivity contribution in [2.45, 2.75) is 12.8 Å². The van der Waals surface area contributed by atoms with Gasteiger partial charge < -0.3 is 0 Å². The highest BCUT2D eigenvalue weighted by Gasteiger charge is 2.05. The Bertz CT molecular complexity index is 629. The highest BCUT2D eigenvalue weighted by molar-refractivity contribution is 5.32. The maximum absolute atomic E-state index is 4.22. The molecule has 3 rings (SSSR count). The van der Waals surface area contributed by atoms with E-state index in [-0.39, 0.29) is 0 Å². The zero-order valence-electron chi connectivity index (χ0n) is 10.6. The molecule has 0 atom stereocenters. The lowest BCUT2D eigenvalue weighted by atomic mass is 10.1. The minimum Gasteiger partial charge on any atom is -0.286 e. The third-order valence-electron chi connectivity index (χ3n) is 3.13. The summed E-state index contributed by atoms with van der Waals surface area (Å²) in [6.45, 7) is 0. The van der Waals surface area contributed by atoms with Gasteiger partial charge in [0, 0.05) is 12.1 Å². The minimum absolute atomic E-state index is 0.888. The number of hydrogen-bond donors (Lipinski definition) is 0. The molecule has 19 heavy (non-hydrogen) atoms. The molecule has 0 aliphatic rings. The van der Waals surface area contributed by atoms with Crippen LogP contribution in [0.25, 0.3) is 5.69 Å². The molecule has 0 aliphatic carbocycles. The molecule has 3 nitrogen and oxygen atoms in total. The fourth-order valence-electron chi connectivity index (χ4n) is 2.13. The van der Waals surface area contributed by atoms with Crippen molar-refractivity contribution >= 4 is 0 Å². The topological polar surface area (TPSA) is 30.7 Å². The van der Waals surface area contributed by atoms with Crippen molar-refractivity contribution in [2.75, 3.05) is 0 Å². The minimum atomic E-state index is 0.888. The van der Waals surface area contributed by atoms with Gasteiger partial charge in [-0.15, -0.1) is 10.2 Å². The van der Waals surface area contributed by atoms with Crippen molar-refractivity contribution in [3.63, 3.8) is 0 Å². The Morgan fingerprint density at radius 1 is 0.789 bits per heavy atom. The molecule has 0 fully saturated rings. The molecule has 0 N–H and O–H groups in total. The van der Waals surface area contributed by atoms with Crippen LogP contribution in [-0.4, -0.2) is 14.8 Å². The summed E-state index contributed by atoms with van der Waals surface area (Å²) in [5, 5.41) is 8.24. The van der Waals surface area contributed by atoms with Crippen LogP contribution in [0.1, 0.15) is 11.4 Å². The first-order valence-corrected chi connectivity index (χ1v) is 6.42. The molecule has 0 radical (unpaired) electrons. The summed E-state index contributed by atoms with van der Waals surface area (Å²) >= 11 is 0. The molecule has 3 heteroatoms. The molecule has 0 aliphatic heterocycles. The van der Waals surface area contributed by atoms with Crippen molar-refractivity contribution in [3.8, 4) is 5.69 Å². The lowest BCUT2D eigenvalue weighted by Gasteiger charge is -2.06. The average Bonchev–Trinajstić information content (AvgIpc) is 2.95. The molecule has 0 amide bonds. The first kappa shape index (κ1) is 11.7. The zero-order chi connectivity index (χ0) is 12.9. The second kappa shape index (κ2) is 5.48. The van der Waals surface area contributed by atoms with Gasteiger partial charge in [0.15, 0.2) is 0 Å². The van der Waals surface area contributed by atoms with E-state index in [1.165, 1.54) is 5.56 Å². The van der Waals surface area contributed by atoms with Gasteiger partial charge in [0.05, 0.1) is 0 Å². The van der Waals surface area contributed by atoms with E-state index in [2.05, 4.69) is 46.6 Å². The van der Waals surface area contributed by atoms with E-state index in [4.69, 9.17) is 0 Å². The number of para-hydroxylation sites is 1. The van der Waals surface area contributed by atoms with E-state index in [1.807, 2.05) is 28.8 Å². The van der Waals surface area contributed by atoms with Crippen molar-refractivity contribution in [2.24, 2.45) is 0 Å². The second-order valence-corrected chi connectivity index (χ2v) is 4.44. The molecule has 0 saturated heterocycles. The van der Waals surface area contributed by atoms with Gasteiger partial charge in [0.2, 0.25) is 0 Å². The first-order valence-electron chi connectivity index (χ1n) is 6.42. The second-order valence-electron chi connectivity index (χ2n) is 4.44. The lowest BCUT2D eigenvalue weighted by Crippen LogP contribution is -2.02. The smallest absolute Gasteiger partial charge is 0.137 e. The van der Waals surface area contributed by atoms with Gasteiger partial charge in [-0.05, 0) is 24.1 Å². The van der Waals surface area contributed by atoms with Crippen molar-refractivity contribution in [1.82, 2.24) is 14.8 Å². The molecule has 1 heterocycles. The summed E-state index contributed by atoms with van der Waals surface area (Å²) in [6, 6.07) is 20.6. The molecule has 2 aromatic carbocycles. The zero-order valence-corrected chi connectivity index (χ0v) is 10.6. The van der Waals surface area contributed by atoms with E-state index in [0.717, 1.165) is 24.4 Å². The van der Waals surface area contributed by atoms with Crippen LogP contribution in [0.4, 0.5) is 0 Å². The highest BCUT2D eigenvalue weighted by Crippen LogP contribution is 2.11. The van der Waals surface area contributed by atoms with E-state index in [9.17, 15) is 0 Å². The summed E-state index contributed by atoms with van der Waals surface area (Å²) in [6.07, 6.45) is 3.64. The Morgan fingerprint density at radius 3 is 2.21 bits per heavy atom. The van der Waals surface area contributed by atoms with Crippen LogP contribution in [0.2, 0.25) is 0 Å². The standard InChI is InChI=1S/C16H15N3/c1-3-7-14(8-4-1)11-12-16-18-17-13-19(16)15-9-5-2-6-10-15/h1-10,13H,11-12H2. The Kier molecular flexibility index (Phi) is 3.36. The number of aromatic nitrogens is 3. The number of benzene rings is 2. The summed E-state index contributed by atoms with van der Waals surface area (Å²) in [5.41, 5.74) is 2.43. The summed E-state index contributed by atoms with van der Waals surface area (Å²) in [7, 11) is 0. The van der Waals surface area contributed by atoms with Gasteiger partial charge >= 0.3 is 0 Å². The molecule has 0 bridgehead atoms. The molecular formula is C16H15N3. The monoisotopic (exact) mass is 249 g/mol. The van der Waals surface area contributed by atoms with Crippen molar-refractivity contribution in [1.29, 1.82) is 0 Å². The van der Waals surface area contributed by atoms with Crippen LogP contribution < -0.4 is 0 Å². The Morgan fingerprint density at radius 2 is 1.47 bits per heavy atom. The summed E-state index contributed by atoms with van der Waals surface area (Å²) in [4.78, 5) is 0. The molecule has 0 spiro atoms. The number of aryl methyl sites for hydroxylation is 2. The van der Waals surface area contributed by atoms with Gasteiger partial charge in [-0.2, -0.15) is 0 Å². The highest BCUT2D eigenvalue weighted by atomic mass is 15.3. The SMILES string of the molecule is c1ccc(CCc2nncn2-c2ccccc2)cc1. The fraction of sp³-hybridized carbons (Fsp3) is 0.125. The normalized spacial score (nSPS) is 10.5. The Hall–Kier alpha value is -2.42. The maximum atomic E-state index is 4.22. The Balaban J connectivity index is 1.78. The van der Waals surface area contributed by atoms with Crippen LogP contribution in [0.15, 0.2) is 67.0 Å². The van der Waals surface area contributed by atoms with E-state index < -0.39 is 0 Å². The first-order chi connectivity index (χ1) is 9.43. The third kappa shape index (κ3) is 2.71. The van der Waals surface area contributed by atoms with Crippen LogP contribution in [0, 0.1) is 0 Å². The van der Waals surface area contributed by atoms with Crippen molar-refractivity contribution < 1.29 is 0 Å². The Labute approximate surface area is 112 Å². The predicted molar refractivity (Wildman–Crippen MR) is 75.2 cm³/mol. The van der Waals surface area contributed by atoms with E-state index in [0.29, 0.717) is 0 Å². The maximum Gasteiger partial charge on any atom is 0.137 e. The van der Waals surface area contributed by atoms with Crippen LogP contribution in [0.5, 0.6) is 0 Å². The van der Waals surface area contributed by atoms with Crippen LogP contribution in [0.3, 0.4) is 0 Å². The number of hydrogen-bond acceptors (Lipinski definition) is 2. The van der Waals surface area contributed by atoms with Gasteiger partial charge in [0.25, 0.3) is 0 Å². The average molecular weight is 249 g/mol. The van der Waals surface area contributed by atoms with Crippen molar-refractivity contribution in [3.05, 3.63) is 78.4 Å². The third-order valence-corrected chi connectivity index (χ3v) is 3.13. The number of rotatable bonds is 4. The molecule has 0 saturated carbocycles. The number of nitrogens with zero attached hydrogens (tertiary/aromatic N) is 3. The fourth-order valence-corrected chi connectivity index (χ4v) is 2.13. The van der Waals surface area contributed by atoms with E-state index in [1.54, 1.807) is 6.33 Å². The van der Waals surface area contributed by atoms with Gasteiger partial charge in [0.1, 0.15) is 12.2 Å². The summed E-state index contributed by atoms with van der Waals surface area (Å²) < 4.78 is 2.04.